The van der Waals surface area contributed by atoms with E-state index in [4.69, 9.17) is 0 Å². The molecule has 1 amide bonds. The number of aliphatic hydroxyl groups is 2. The molecule has 20 heavy (non-hydrogen) atoms. The van der Waals surface area contributed by atoms with Gasteiger partial charge >= 0.3 is 0 Å². The fourth-order valence-electron chi connectivity index (χ4n) is 2.35. The van der Waals surface area contributed by atoms with Crippen LogP contribution in [0, 0.1) is 6.92 Å². The molecule has 0 bridgehead atoms. The van der Waals surface area contributed by atoms with Crippen molar-refractivity contribution in [2.24, 2.45) is 0 Å². The zero-order valence-electron chi connectivity index (χ0n) is 12.0. The van der Waals surface area contributed by atoms with E-state index in [0.717, 1.165) is 24.2 Å². The Labute approximate surface area is 119 Å². The molecule has 110 valence electrons. The van der Waals surface area contributed by atoms with E-state index in [1.807, 2.05) is 25.1 Å². The third kappa shape index (κ3) is 3.11. The summed E-state index contributed by atoms with van der Waals surface area (Å²) in [5.41, 5.74) is 2.41. The van der Waals surface area contributed by atoms with Crippen molar-refractivity contribution in [3.8, 4) is 0 Å². The number of hydrogen-bond acceptors (Lipinski definition) is 4. The molecule has 1 aromatic rings. The van der Waals surface area contributed by atoms with Crippen molar-refractivity contribution in [3.63, 3.8) is 0 Å². The van der Waals surface area contributed by atoms with Gasteiger partial charge in [0, 0.05) is 25.3 Å². The maximum absolute atomic E-state index is 12.5. The van der Waals surface area contributed by atoms with Gasteiger partial charge in [-0.3, -0.25) is 4.79 Å². The topological polar surface area (TPSA) is 72.8 Å². The first-order valence-electron chi connectivity index (χ1n) is 7.03. The van der Waals surface area contributed by atoms with Crippen LogP contribution in [0.15, 0.2) is 18.2 Å². The Morgan fingerprint density at radius 1 is 1.35 bits per heavy atom. The number of hydrogen-bond donors (Lipinski definition) is 3. The van der Waals surface area contributed by atoms with Gasteiger partial charge in [-0.2, -0.15) is 0 Å². The normalized spacial score (nSPS) is 22.1. The summed E-state index contributed by atoms with van der Waals surface area (Å²) in [4.78, 5) is 14.0. The Bertz CT molecular complexity index is 480. The summed E-state index contributed by atoms with van der Waals surface area (Å²) in [5, 5.41) is 22.4. The summed E-state index contributed by atoms with van der Waals surface area (Å²) < 4.78 is 0. The van der Waals surface area contributed by atoms with Crippen molar-refractivity contribution in [2.45, 2.75) is 32.5 Å². The molecule has 3 N–H and O–H groups in total. The van der Waals surface area contributed by atoms with Crippen LogP contribution >= 0.6 is 0 Å². The maximum Gasteiger partial charge on any atom is 0.256 e. The molecule has 2 rings (SSSR count). The minimum atomic E-state index is -0.851. The van der Waals surface area contributed by atoms with Gasteiger partial charge in [-0.1, -0.05) is 18.6 Å². The van der Waals surface area contributed by atoms with Crippen molar-refractivity contribution in [1.29, 1.82) is 0 Å². The maximum atomic E-state index is 12.5. The number of aryl methyl sites for hydroxylation is 1. The molecule has 1 heterocycles. The number of carbonyl (C=O) groups is 1. The third-order valence-electron chi connectivity index (χ3n) is 3.52. The molecule has 0 saturated carbocycles. The first kappa shape index (κ1) is 14.8. The zero-order chi connectivity index (χ0) is 14.7. The lowest BCUT2D eigenvalue weighted by Crippen LogP contribution is -2.30. The van der Waals surface area contributed by atoms with Crippen LogP contribution in [0.2, 0.25) is 0 Å². The molecule has 5 nitrogen and oxygen atoms in total. The molecule has 1 aromatic carbocycles. The van der Waals surface area contributed by atoms with Gasteiger partial charge in [0.2, 0.25) is 0 Å². The lowest BCUT2D eigenvalue weighted by atomic mass is 10.1. The highest BCUT2D eigenvalue weighted by molar-refractivity contribution is 6.00. The van der Waals surface area contributed by atoms with Gasteiger partial charge in [-0.25, -0.2) is 0 Å². The van der Waals surface area contributed by atoms with Gasteiger partial charge in [0.05, 0.1) is 17.8 Å². The molecule has 0 spiro atoms. The average molecular weight is 278 g/mol. The second-order valence-corrected chi connectivity index (χ2v) is 5.32. The van der Waals surface area contributed by atoms with Gasteiger partial charge in [0.1, 0.15) is 0 Å². The fraction of sp³-hybridized carbons (Fsp3) is 0.533. The predicted octanol–water partition coefficient (Wildman–Crippen LogP) is 0.995. The second-order valence-electron chi connectivity index (χ2n) is 5.32. The molecule has 1 aliphatic rings. The van der Waals surface area contributed by atoms with Crippen LogP contribution in [0.4, 0.5) is 5.69 Å². The minimum absolute atomic E-state index is 0.150. The number of benzene rings is 1. The summed E-state index contributed by atoms with van der Waals surface area (Å²) in [6, 6.07) is 5.71. The quantitative estimate of drug-likeness (QED) is 0.768. The van der Waals surface area contributed by atoms with E-state index in [2.05, 4.69) is 12.2 Å². The van der Waals surface area contributed by atoms with E-state index in [-0.39, 0.29) is 19.0 Å². The number of carbonyl (C=O) groups excluding carboxylic acids is 1. The largest absolute Gasteiger partial charge is 0.388 e. The third-order valence-corrected chi connectivity index (χ3v) is 3.52. The summed E-state index contributed by atoms with van der Waals surface area (Å²) in [6.45, 7) is 5.17. The molecular weight excluding hydrogens is 256 g/mol. The van der Waals surface area contributed by atoms with E-state index in [1.54, 1.807) is 0 Å². The molecule has 2 atom stereocenters. The Balaban J connectivity index is 2.22. The summed E-state index contributed by atoms with van der Waals surface area (Å²) in [5.74, 6) is -0.150. The van der Waals surface area contributed by atoms with Crippen LogP contribution in [-0.4, -0.2) is 52.9 Å². The monoisotopic (exact) mass is 278 g/mol. The van der Waals surface area contributed by atoms with E-state index in [0.29, 0.717) is 5.56 Å². The highest BCUT2D eigenvalue weighted by atomic mass is 16.3. The zero-order valence-corrected chi connectivity index (χ0v) is 12.0. The predicted molar refractivity (Wildman–Crippen MR) is 77.9 cm³/mol. The smallest absolute Gasteiger partial charge is 0.256 e. The molecular formula is C15H22N2O3. The number of rotatable bonds is 4. The van der Waals surface area contributed by atoms with Crippen LogP contribution < -0.4 is 5.32 Å². The van der Waals surface area contributed by atoms with Gasteiger partial charge in [0.25, 0.3) is 5.91 Å². The van der Waals surface area contributed by atoms with Crippen LogP contribution in [0.25, 0.3) is 0 Å². The van der Waals surface area contributed by atoms with Gasteiger partial charge in [0.15, 0.2) is 0 Å². The summed E-state index contributed by atoms with van der Waals surface area (Å²) in [7, 11) is 0. The lowest BCUT2D eigenvalue weighted by molar-refractivity contribution is 0.0572. The van der Waals surface area contributed by atoms with Crippen molar-refractivity contribution < 1.29 is 15.0 Å². The van der Waals surface area contributed by atoms with E-state index >= 15 is 0 Å². The molecule has 2 unspecified atom stereocenters. The van der Waals surface area contributed by atoms with Crippen molar-refractivity contribution in [3.05, 3.63) is 29.3 Å². The van der Waals surface area contributed by atoms with Gasteiger partial charge in [-0.15, -0.1) is 0 Å². The molecule has 1 fully saturated rings. The van der Waals surface area contributed by atoms with Gasteiger partial charge < -0.3 is 20.4 Å². The lowest BCUT2D eigenvalue weighted by Gasteiger charge is -2.19. The number of nitrogens with one attached hydrogen (secondary N) is 1. The Morgan fingerprint density at radius 2 is 2.00 bits per heavy atom. The number of β-amino-alcohol motifs (C(OH)–C–C–N with tert-alkyl or cyclic N) is 2. The van der Waals surface area contributed by atoms with E-state index in [9.17, 15) is 15.0 Å². The van der Waals surface area contributed by atoms with Crippen molar-refractivity contribution >= 4 is 11.6 Å². The van der Waals surface area contributed by atoms with Gasteiger partial charge in [-0.05, 0) is 25.5 Å². The SMILES string of the molecule is CCCNc1ccc(C)cc1C(=O)N1CC(O)C(O)C1. The molecule has 0 radical (unpaired) electrons. The Morgan fingerprint density at radius 3 is 2.60 bits per heavy atom. The minimum Gasteiger partial charge on any atom is -0.388 e. The molecule has 1 saturated heterocycles. The number of amides is 1. The van der Waals surface area contributed by atoms with Crippen LogP contribution in [-0.2, 0) is 0 Å². The average Bonchev–Trinajstić information content (AvgIpc) is 2.76. The van der Waals surface area contributed by atoms with Crippen LogP contribution in [0.5, 0.6) is 0 Å². The first-order valence-corrected chi connectivity index (χ1v) is 7.03. The highest BCUT2D eigenvalue weighted by Crippen LogP contribution is 2.22. The second kappa shape index (κ2) is 6.24. The van der Waals surface area contributed by atoms with Crippen molar-refractivity contribution in [1.82, 2.24) is 4.90 Å². The van der Waals surface area contributed by atoms with Crippen LogP contribution in [0.3, 0.4) is 0 Å². The number of aliphatic hydroxyl groups excluding tert-OH is 2. The van der Waals surface area contributed by atoms with E-state index in [1.165, 1.54) is 4.90 Å². The van der Waals surface area contributed by atoms with Crippen LogP contribution in [0.1, 0.15) is 29.3 Å². The Hall–Kier alpha value is -1.59. The highest BCUT2D eigenvalue weighted by Gasteiger charge is 2.33. The number of anilines is 1. The number of likely N-dealkylation sites (tertiary alicyclic amines) is 1. The van der Waals surface area contributed by atoms with E-state index < -0.39 is 12.2 Å². The summed E-state index contributed by atoms with van der Waals surface area (Å²) >= 11 is 0. The summed E-state index contributed by atoms with van der Waals surface area (Å²) in [6.07, 6.45) is -0.727. The molecule has 0 aliphatic carbocycles. The standard InChI is InChI=1S/C15H22N2O3/c1-3-6-16-12-5-4-10(2)7-11(12)15(20)17-8-13(18)14(19)9-17/h4-5,7,13-14,16,18-19H,3,6,8-9H2,1-2H3. The molecule has 0 aromatic heterocycles. The van der Waals surface area contributed by atoms with Crippen molar-refractivity contribution in [2.75, 3.05) is 25.0 Å². The first-order chi connectivity index (χ1) is 9.52. The molecule has 5 heteroatoms. The Kier molecular flexibility index (Phi) is 4.62. The number of nitrogens with zero attached hydrogens (tertiary/aromatic N) is 1. The fourth-order valence-corrected chi connectivity index (χ4v) is 2.35. The molecule has 1 aliphatic heterocycles.